The molecule has 5 nitrogen and oxygen atoms in total. The number of anilines is 1. The summed E-state index contributed by atoms with van der Waals surface area (Å²) in [6.07, 6.45) is 0. The van der Waals surface area contributed by atoms with Gasteiger partial charge in [-0.2, -0.15) is 0 Å². The lowest BCUT2D eigenvalue weighted by atomic mass is 10.2. The zero-order valence-corrected chi connectivity index (χ0v) is 11.8. The second kappa shape index (κ2) is 8.50. The number of methoxy groups -OCH3 is 1. The van der Waals surface area contributed by atoms with Gasteiger partial charge in [0.15, 0.2) is 0 Å². The van der Waals surface area contributed by atoms with Gasteiger partial charge in [-0.1, -0.05) is 0 Å². The van der Waals surface area contributed by atoms with Crippen LogP contribution in [0.15, 0.2) is 18.2 Å². The van der Waals surface area contributed by atoms with Gasteiger partial charge in [-0.25, -0.2) is 0 Å². The molecule has 19 heavy (non-hydrogen) atoms. The molecule has 0 aliphatic heterocycles. The Bertz CT molecular complexity index is 408. The van der Waals surface area contributed by atoms with E-state index >= 15 is 0 Å². The van der Waals surface area contributed by atoms with E-state index in [0.717, 1.165) is 17.0 Å². The molecule has 0 radical (unpaired) electrons. The minimum absolute atomic E-state index is 0.0663. The maximum absolute atomic E-state index is 11.7. The molecule has 0 aromatic heterocycles. The molecule has 0 spiro atoms. The Morgan fingerprint density at radius 3 is 2.79 bits per heavy atom. The lowest BCUT2D eigenvalue weighted by Crippen LogP contribution is -2.30. The standard InChI is InChI=1S/C14H22N2O3/c1-4-19-12-5-6-13(11(2)9-12)16-14(17)10-15-7-8-18-3/h5-6,9,15H,4,7-8,10H2,1-3H3,(H,16,17). The smallest absolute Gasteiger partial charge is 0.238 e. The van der Waals surface area contributed by atoms with Crippen LogP contribution < -0.4 is 15.4 Å². The minimum atomic E-state index is -0.0663. The molecule has 1 rings (SSSR count). The van der Waals surface area contributed by atoms with Crippen LogP contribution in [0.25, 0.3) is 0 Å². The van der Waals surface area contributed by atoms with Gasteiger partial charge in [0.1, 0.15) is 5.75 Å². The van der Waals surface area contributed by atoms with Crippen molar-refractivity contribution in [2.24, 2.45) is 0 Å². The predicted octanol–water partition coefficient (Wildman–Crippen LogP) is 1.57. The van der Waals surface area contributed by atoms with E-state index < -0.39 is 0 Å². The number of nitrogens with one attached hydrogen (secondary N) is 2. The molecule has 0 fully saturated rings. The van der Waals surface area contributed by atoms with Crippen LogP contribution in [0.1, 0.15) is 12.5 Å². The highest BCUT2D eigenvalue weighted by Crippen LogP contribution is 2.21. The normalized spacial score (nSPS) is 10.3. The first kappa shape index (κ1) is 15.5. The Labute approximate surface area is 114 Å². The number of aryl methyl sites for hydroxylation is 1. The second-order valence-corrected chi connectivity index (χ2v) is 4.13. The van der Waals surface area contributed by atoms with Crippen LogP contribution in [0.4, 0.5) is 5.69 Å². The molecule has 5 heteroatoms. The van der Waals surface area contributed by atoms with E-state index in [9.17, 15) is 4.79 Å². The van der Waals surface area contributed by atoms with Crippen LogP contribution >= 0.6 is 0 Å². The van der Waals surface area contributed by atoms with Crippen LogP contribution in [0.3, 0.4) is 0 Å². The van der Waals surface area contributed by atoms with Gasteiger partial charge in [0.25, 0.3) is 0 Å². The van der Waals surface area contributed by atoms with Crippen LogP contribution in [0.5, 0.6) is 5.75 Å². The van der Waals surface area contributed by atoms with E-state index in [0.29, 0.717) is 19.8 Å². The Hall–Kier alpha value is -1.59. The van der Waals surface area contributed by atoms with Crippen molar-refractivity contribution in [3.63, 3.8) is 0 Å². The van der Waals surface area contributed by atoms with Gasteiger partial charge in [0.05, 0.1) is 19.8 Å². The number of hydrogen-bond donors (Lipinski definition) is 2. The molecule has 0 saturated heterocycles. The monoisotopic (exact) mass is 266 g/mol. The third-order valence-corrected chi connectivity index (χ3v) is 2.55. The van der Waals surface area contributed by atoms with E-state index in [1.54, 1.807) is 7.11 Å². The molecular formula is C14H22N2O3. The summed E-state index contributed by atoms with van der Waals surface area (Å²) in [7, 11) is 1.63. The summed E-state index contributed by atoms with van der Waals surface area (Å²) in [6, 6.07) is 5.62. The SMILES string of the molecule is CCOc1ccc(NC(=O)CNCCOC)c(C)c1. The van der Waals surface area contributed by atoms with E-state index in [1.165, 1.54) is 0 Å². The molecule has 0 bridgehead atoms. The summed E-state index contributed by atoms with van der Waals surface area (Å²) in [6.45, 7) is 6.04. The van der Waals surface area contributed by atoms with Gasteiger partial charge in [0.2, 0.25) is 5.91 Å². The molecular weight excluding hydrogens is 244 g/mol. The molecule has 0 atom stereocenters. The fraction of sp³-hybridized carbons (Fsp3) is 0.500. The number of ether oxygens (including phenoxy) is 2. The Morgan fingerprint density at radius 2 is 2.16 bits per heavy atom. The quantitative estimate of drug-likeness (QED) is 0.701. The number of carbonyl (C=O) groups is 1. The molecule has 106 valence electrons. The lowest BCUT2D eigenvalue weighted by molar-refractivity contribution is -0.115. The van der Waals surface area contributed by atoms with Crippen molar-refractivity contribution >= 4 is 11.6 Å². The van der Waals surface area contributed by atoms with E-state index in [1.807, 2.05) is 32.0 Å². The largest absolute Gasteiger partial charge is 0.494 e. The van der Waals surface area contributed by atoms with Crippen molar-refractivity contribution in [1.29, 1.82) is 0 Å². The Morgan fingerprint density at radius 1 is 1.37 bits per heavy atom. The lowest BCUT2D eigenvalue weighted by Gasteiger charge is -2.11. The van der Waals surface area contributed by atoms with Crippen molar-refractivity contribution in [2.75, 3.05) is 38.7 Å². The zero-order chi connectivity index (χ0) is 14.1. The van der Waals surface area contributed by atoms with Gasteiger partial charge in [-0.3, -0.25) is 4.79 Å². The number of amides is 1. The molecule has 1 aromatic carbocycles. The molecule has 0 saturated carbocycles. The highest BCUT2D eigenvalue weighted by atomic mass is 16.5. The van der Waals surface area contributed by atoms with E-state index in [4.69, 9.17) is 9.47 Å². The van der Waals surface area contributed by atoms with Gasteiger partial charge >= 0.3 is 0 Å². The number of benzene rings is 1. The minimum Gasteiger partial charge on any atom is -0.494 e. The fourth-order valence-corrected chi connectivity index (χ4v) is 1.60. The number of rotatable bonds is 8. The fourth-order valence-electron chi connectivity index (χ4n) is 1.60. The summed E-state index contributed by atoms with van der Waals surface area (Å²) in [5, 5.41) is 5.85. The summed E-state index contributed by atoms with van der Waals surface area (Å²) in [5.41, 5.74) is 1.79. The maximum atomic E-state index is 11.7. The topological polar surface area (TPSA) is 59.6 Å². The summed E-state index contributed by atoms with van der Waals surface area (Å²) in [4.78, 5) is 11.7. The van der Waals surface area contributed by atoms with Gasteiger partial charge in [-0.15, -0.1) is 0 Å². The van der Waals surface area contributed by atoms with Crippen LogP contribution in [0.2, 0.25) is 0 Å². The molecule has 1 aromatic rings. The first-order chi connectivity index (χ1) is 9.17. The number of hydrogen-bond acceptors (Lipinski definition) is 4. The molecule has 0 unspecified atom stereocenters. The van der Waals surface area contributed by atoms with Crippen molar-refractivity contribution in [3.8, 4) is 5.75 Å². The average Bonchev–Trinajstić information content (AvgIpc) is 2.38. The van der Waals surface area contributed by atoms with Crippen molar-refractivity contribution in [2.45, 2.75) is 13.8 Å². The van der Waals surface area contributed by atoms with Gasteiger partial charge in [-0.05, 0) is 37.6 Å². The average molecular weight is 266 g/mol. The molecule has 2 N–H and O–H groups in total. The Kier molecular flexibility index (Phi) is 6.92. The van der Waals surface area contributed by atoms with Crippen molar-refractivity contribution in [1.82, 2.24) is 5.32 Å². The summed E-state index contributed by atoms with van der Waals surface area (Å²) in [5.74, 6) is 0.750. The van der Waals surface area contributed by atoms with E-state index in [-0.39, 0.29) is 12.5 Å². The Balaban J connectivity index is 2.45. The molecule has 0 heterocycles. The predicted molar refractivity (Wildman–Crippen MR) is 75.7 cm³/mol. The maximum Gasteiger partial charge on any atom is 0.238 e. The second-order valence-electron chi connectivity index (χ2n) is 4.13. The number of carbonyl (C=O) groups excluding carboxylic acids is 1. The molecule has 1 amide bonds. The summed E-state index contributed by atoms with van der Waals surface area (Å²) < 4.78 is 10.3. The molecule has 0 aliphatic carbocycles. The highest BCUT2D eigenvalue weighted by molar-refractivity contribution is 5.93. The zero-order valence-electron chi connectivity index (χ0n) is 11.8. The van der Waals surface area contributed by atoms with E-state index in [2.05, 4.69) is 10.6 Å². The third kappa shape index (κ3) is 5.72. The van der Waals surface area contributed by atoms with Crippen LogP contribution in [-0.2, 0) is 9.53 Å². The molecule has 0 aliphatic rings. The van der Waals surface area contributed by atoms with Crippen molar-refractivity contribution < 1.29 is 14.3 Å². The van der Waals surface area contributed by atoms with Gasteiger partial charge in [0, 0.05) is 19.3 Å². The highest BCUT2D eigenvalue weighted by Gasteiger charge is 2.05. The van der Waals surface area contributed by atoms with Crippen molar-refractivity contribution in [3.05, 3.63) is 23.8 Å². The third-order valence-electron chi connectivity index (χ3n) is 2.55. The first-order valence-electron chi connectivity index (χ1n) is 6.40. The van der Waals surface area contributed by atoms with Gasteiger partial charge < -0.3 is 20.1 Å². The summed E-state index contributed by atoms with van der Waals surface area (Å²) >= 11 is 0. The first-order valence-corrected chi connectivity index (χ1v) is 6.40. The van der Waals surface area contributed by atoms with Crippen LogP contribution in [0, 0.1) is 6.92 Å². The van der Waals surface area contributed by atoms with Crippen LogP contribution in [-0.4, -0.2) is 39.3 Å².